The van der Waals surface area contributed by atoms with Crippen LogP contribution in [0.5, 0.6) is 5.75 Å². The van der Waals surface area contributed by atoms with Gasteiger partial charge in [-0.1, -0.05) is 12.1 Å². The third-order valence-corrected chi connectivity index (χ3v) is 3.14. The van der Waals surface area contributed by atoms with Crippen LogP contribution >= 0.6 is 0 Å². The standard InChI is InChI=1S/C14H21F3N2O/c1-18-13(10-19(2)9-8-14(15,16)17)11-4-6-12(20-3)7-5-11/h4-7,13,18H,8-10H2,1-3H3. The largest absolute Gasteiger partial charge is 0.497 e. The SMILES string of the molecule is CNC(CN(C)CCC(F)(F)F)c1ccc(OC)cc1. The number of methoxy groups -OCH3 is 1. The predicted molar refractivity (Wildman–Crippen MR) is 73.0 cm³/mol. The first kappa shape index (κ1) is 16.8. The molecule has 0 amide bonds. The molecule has 0 aliphatic rings. The fourth-order valence-corrected chi connectivity index (χ4v) is 1.92. The van der Waals surface area contributed by atoms with E-state index in [0.717, 1.165) is 11.3 Å². The van der Waals surface area contributed by atoms with Crippen LogP contribution in [0.15, 0.2) is 24.3 Å². The Kier molecular flexibility index (Phi) is 6.29. The van der Waals surface area contributed by atoms with Crippen molar-refractivity contribution in [2.24, 2.45) is 0 Å². The van der Waals surface area contributed by atoms with Gasteiger partial charge in [0, 0.05) is 19.1 Å². The van der Waals surface area contributed by atoms with Gasteiger partial charge >= 0.3 is 6.18 Å². The fourth-order valence-electron chi connectivity index (χ4n) is 1.92. The van der Waals surface area contributed by atoms with Crippen molar-refractivity contribution in [3.8, 4) is 5.75 Å². The van der Waals surface area contributed by atoms with Gasteiger partial charge in [-0.3, -0.25) is 0 Å². The monoisotopic (exact) mass is 290 g/mol. The molecular formula is C14H21F3N2O. The highest BCUT2D eigenvalue weighted by Gasteiger charge is 2.27. The second kappa shape index (κ2) is 7.50. The van der Waals surface area contributed by atoms with Crippen molar-refractivity contribution in [2.45, 2.75) is 18.6 Å². The molecule has 1 atom stereocenters. The van der Waals surface area contributed by atoms with Crippen molar-refractivity contribution < 1.29 is 17.9 Å². The lowest BCUT2D eigenvalue weighted by Crippen LogP contribution is -2.33. The van der Waals surface area contributed by atoms with Crippen LogP contribution in [0.1, 0.15) is 18.0 Å². The number of halogens is 3. The van der Waals surface area contributed by atoms with Crippen molar-refractivity contribution in [2.75, 3.05) is 34.3 Å². The first-order chi connectivity index (χ1) is 9.35. The Morgan fingerprint density at radius 2 is 1.85 bits per heavy atom. The first-order valence-corrected chi connectivity index (χ1v) is 6.42. The highest BCUT2D eigenvalue weighted by atomic mass is 19.4. The molecule has 0 radical (unpaired) electrons. The number of ether oxygens (including phenoxy) is 1. The molecule has 6 heteroatoms. The average Bonchev–Trinajstić information content (AvgIpc) is 2.42. The molecule has 0 fully saturated rings. The second-order valence-corrected chi connectivity index (χ2v) is 4.74. The van der Waals surface area contributed by atoms with E-state index in [1.54, 1.807) is 26.1 Å². The van der Waals surface area contributed by atoms with Gasteiger partial charge in [0.2, 0.25) is 0 Å². The van der Waals surface area contributed by atoms with E-state index in [1.807, 2.05) is 24.3 Å². The van der Waals surface area contributed by atoms with Gasteiger partial charge in [-0.2, -0.15) is 13.2 Å². The van der Waals surface area contributed by atoms with E-state index in [2.05, 4.69) is 5.32 Å². The summed E-state index contributed by atoms with van der Waals surface area (Å²) in [5.74, 6) is 0.758. The molecular weight excluding hydrogens is 269 g/mol. The lowest BCUT2D eigenvalue weighted by atomic mass is 10.1. The maximum atomic E-state index is 12.2. The number of hydrogen-bond acceptors (Lipinski definition) is 3. The van der Waals surface area contributed by atoms with Crippen LogP contribution in [0.4, 0.5) is 13.2 Å². The zero-order valence-corrected chi connectivity index (χ0v) is 12.0. The highest BCUT2D eigenvalue weighted by molar-refractivity contribution is 5.29. The number of rotatable bonds is 7. The molecule has 3 nitrogen and oxygen atoms in total. The zero-order valence-electron chi connectivity index (χ0n) is 12.0. The van der Waals surface area contributed by atoms with Crippen LogP contribution in [0.25, 0.3) is 0 Å². The molecule has 1 rings (SSSR count). The Balaban J connectivity index is 2.57. The third-order valence-electron chi connectivity index (χ3n) is 3.14. The lowest BCUT2D eigenvalue weighted by Gasteiger charge is -2.24. The lowest BCUT2D eigenvalue weighted by molar-refractivity contribution is -0.137. The first-order valence-electron chi connectivity index (χ1n) is 6.42. The topological polar surface area (TPSA) is 24.5 Å². The summed E-state index contributed by atoms with van der Waals surface area (Å²) in [4.78, 5) is 1.68. The molecule has 1 aromatic carbocycles. The number of nitrogens with zero attached hydrogens (tertiary/aromatic N) is 1. The van der Waals surface area contributed by atoms with Gasteiger partial charge < -0.3 is 15.0 Å². The zero-order chi connectivity index (χ0) is 15.2. The highest BCUT2D eigenvalue weighted by Crippen LogP contribution is 2.21. The van der Waals surface area contributed by atoms with Crippen molar-refractivity contribution in [3.63, 3.8) is 0 Å². The summed E-state index contributed by atoms with van der Waals surface area (Å²) in [6.45, 7) is 0.511. The summed E-state index contributed by atoms with van der Waals surface area (Å²) < 4.78 is 41.6. The van der Waals surface area contributed by atoms with Crippen LogP contribution in [0, 0.1) is 0 Å². The summed E-state index contributed by atoms with van der Waals surface area (Å²) in [6.07, 6.45) is -4.90. The van der Waals surface area contributed by atoms with Crippen molar-refractivity contribution in [1.82, 2.24) is 10.2 Å². The third kappa shape index (κ3) is 5.79. The minimum Gasteiger partial charge on any atom is -0.497 e. The minimum atomic E-state index is -4.11. The number of alkyl halides is 3. The van der Waals surface area contributed by atoms with Gasteiger partial charge in [-0.05, 0) is 31.8 Å². The van der Waals surface area contributed by atoms with Crippen LogP contribution in [0.2, 0.25) is 0 Å². The Morgan fingerprint density at radius 3 is 2.30 bits per heavy atom. The average molecular weight is 290 g/mol. The van der Waals surface area contributed by atoms with Crippen LogP contribution in [-0.2, 0) is 0 Å². The Morgan fingerprint density at radius 1 is 1.25 bits per heavy atom. The van der Waals surface area contributed by atoms with Gasteiger partial charge in [-0.25, -0.2) is 0 Å². The maximum absolute atomic E-state index is 12.2. The molecule has 114 valence electrons. The van der Waals surface area contributed by atoms with Gasteiger partial charge in [0.25, 0.3) is 0 Å². The van der Waals surface area contributed by atoms with Gasteiger partial charge in [-0.15, -0.1) is 0 Å². The quantitative estimate of drug-likeness (QED) is 0.835. The summed E-state index contributed by atoms with van der Waals surface area (Å²) in [5, 5.41) is 3.12. The molecule has 1 aromatic rings. The number of hydrogen-bond donors (Lipinski definition) is 1. The van der Waals surface area contributed by atoms with E-state index in [-0.39, 0.29) is 12.6 Å². The molecule has 0 heterocycles. The van der Waals surface area contributed by atoms with E-state index < -0.39 is 12.6 Å². The number of nitrogens with one attached hydrogen (secondary N) is 1. The summed E-state index contributed by atoms with van der Waals surface area (Å²) in [6, 6.07) is 7.50. The van der Waals surface area contributed by atoms with E-state index in [1.165, 1.54) is 0 Å². The Labute approximate surface area is 117 Å². The van der Waals surface area contributed by atoms with Crippen molar-refractivity contribution in [1.29, 1.82) is 0 Å². The van der Waals surface area contributed by atoms with E-state index in [4.69, 9.17) is 4.74 Å². The normalized spacial score (nSPS) is 13.6. The molecule has 1 unspecified atom stereocenters. The van der Waals surface area contributed by atoms with Crippen molar-refractivity contribution >= 4 is 0 Å². The smallest absolute Gasteiger partial charge is 0.390 e. The maximum Gasteiger partial charge on any atom is 0.390 e. The number of benzene rings is 1. The molecule has 0 spiro atoms. The summed E-state index contributed by atoms with van der Waals surface area (Å²) in [5.41, 5.74) is 1.02. The van der Waals surface area contributed by atoms with Gasteiger partial charge in [0.1, 0.15) is 5.75 Å². The Hall–Kier alpha value is -1.27. The van der Waals surface area contributed by atoms with Gasteiger partial charge in [0.15, 0.2) is 0 Å². The molecule has 1 N–H and O–H groups in total. The van der Waals surface area contributed by atoms with Gasteiger partial charge in [0.05, 0.1) is 13.5 Å². The van der Waals surface area contributed by atoms with Crippen molar-refractivity contribution in [3.05, 3.63) is 29.8 Å². The predicted octanol–water partition coefficient (Wildman–Crippen LogP) is 2.84. The van der Waals surface area contributed by atoms with E-state index in [0.29, 0.717) is 6.54 Å². The minimum absolute atomic E-state index is 0.00215. The number of likely N-dealkylation sites (N-methyl/N-ethyl adjacent to an activating group) is 2. The van der Waals surface area contributed by atoms with Crippen LogP contribution in [-0.4, -0.2) is 45.4 Å². The molecule has 0 aliphatic carbocycles. The molecule has 0 aromatic heterocycles. The summed E-state index contributed by atoms with van der Waals surface area (Å²) >= 11 is 0. The van der Waals surface area contributed by atoms with Crippen LogP contribution < -0.4 is 10.1 Å². The van der Waals surface area contributed by atoms with Crippen LogP contribution in [0.3, 0.4) is 0 Å². The molecule has 0 saturated heterocycles. The molecule has 0 saturated carbocycles. The summed E-state index contributed by atoms with van der Waals surface area (Å²) in [7, 11) is 5.08. The molecule has 20 heavy (non-hydrogen) atoms. The van der Waals surface area contributed by atoms with E-state index in [9.17, 15) is 13.2 Å². The van der Waals surface area contributed by atoms with E-state index >= 15 is 0 Å². The molecule has 0 aliphatic heterocycles. The Bertz CT molecular complexity index is 392. The molecule has 0 bridgehead atoms. The second-order valence-electron chi connectivity index (χ2n) is 4.74. The fraction of sp³-hybridized carbons (Fsp3) is 0.571.